The number of carbonyl (C=O) groups is 2. The molecule has 0 bridgehead atoms. The number of unbranched alkanes of at least 4 members (excludes halogenated alkanes) is 1. The van der Waals surface area contributed by atoms with Crippen molar-refractivity contribution in [3.05, 3.63) is 0 Å². The van der Waals surface area contributed by atoms with Crippen LogP contribution >= 0.6 is 0 Å². The van der Waals surface area contributed by atoms with Crippen molar-refractivity contribution in [1.82, 2.24) is 5.32 Å². The predicted octanol–water partition coefficient (Wildman–Crippen LogP) is -0.366. The van der Waals surface area contributed by atoms with Gasteiger partial charge in [0.05, 0.1) is 0 Å². The Morgan fingerprint density at radius 1 is 1.67 bits per heavy atom. The number of hydrogen-bond acceptors (Lipinski definition) is 2. The summed E-state index contributed by atoms with van der Waals surface area (Å²) in [6.45, 7) is 0.480. The van der Waals surface area contributed by atoms with Crippen molar-refractivity contribution < 1.29 is 9.59 Å². The third-order valence-corrected chi connectivity index (χ3v) is 0.798. The lowest BCUT2D eigenvalue weighted by molar-refractivity contribution is -0.107. The molecule has 4 heteroatoms. The molecule has 0 rings (SSSR count). The van der Waals surface area contributed by atoms with Crippen LogP contribution in [0.2, 0.25) is 0 Å². The topological polar surface area (TPSA) is 72.2 Å². The van der Waals surface area contributed by atoms with Crippen LogP contribution in [0.15, 0.2) is 0 Å². The predicted molar refractivity (Wildman–Crippen MR) is 32.9 cm³/mol. The average Bonchev–Trinajstić information content (AvgIpc) is 1.80. The van der Waals surface area contributed by atoms with Gasteiger partial charge in [-0.15, -0.1) is 0 Å². The second-order valence-electron chi connectivity index (χ2n) is 1.60. The fourth-order valence-corrected chi connectivity index (χ4v) is 0.397. The van der Waals surface area contributed by atoms with E-state index in [0.717, 1.165) is 6.29 Å². The molecule has 0 saturated heterocycles. The largest absolute Gasteiger partial charge is 0.352 e. The van der Waals surface area contributed by atoms with Crippen molar-refractivity contribution in [3.63, 3.8) is 0 Å². The number of amides is 2. The van der Waals surface area contributed by atoms with Gasteiger partial charge in [-0.3, -0.25) is 0 Å². The maximum Gasteiger partial charge on any atom is 0.312 e. The van der Waals surface area contributed by atoms with Gasteiger partial charge in [-0.2, -0.15) is 0 Å². The van der Waals surface area contributed by atoms with E-state index in [-0.39, 0.29) is 0 Å². The van der Waals surface area contributed by atoms with Crippen LogP contribution in [-0.4, -0.2) is 18.9 Å². The van der Waals surface area contributed by atoms with Crippen molar-refractivity contribution in [3.8, 4) is 0 Å². The summed E-state index contributed by atoms with van der Waals surface area (Å²) in [4.78, 5) is 19.7. The number of nitrogens with two attached hydrogens (primary N) is 1. The summed E-state index contributed by atoms with van der Waals surface area (Å²) in [6.07, 6.45) is 1.94. The zero-order valence-electron chi connectivity index (χ0n) is 5.09. The van der Waals surface area contributed by atoms with Gasteiger partial charge in [-0.25, -0.2) is 4.79 Å². The quantitative estimate of drug-likeness (QED) is 0.402. The number of carbonyl (C=O) groups excluding carboxylic acids is 2. The average molecular weight is 130 g/mol. The zero-order valence-corrected chi connectivity index (χ0v) is 5.09. The first-order valence-corrected chi connectivity index (χ1v) is 2.74. The molecular formula is C5H10N2O2. The second-order valence-corrected chi connectivity index (χ2v) is 1.60. The number of hydrogen-bond donors (Lipinski definition) is 2. The second kappa shape index (κ2) is 5.08. The molecule has 0 aliphatic heterocycles. The first-order chi connectivity index (χ1) is 4.27. The number of rotatable bonds is 4. The molecule has 52 valence electrons. The minimum absolute atomic E-state index is 0.472. The SMILES string of the molecule is NC(=O)NCCCC=O. The van der Waals surface area contributed by atoms with Gasteiger partial charge in [0, 0.05) is 13.0 Å². The molecule has 0 aliphatic rings. The number of urea groups is 1. The smallest absolute Gasteiger partial charge is 0.312 e. The van der Waals surface area contributed by atoms with Crippen LogP contribution in [-0.2, 0) is 4.79 Å². The lowest BCUT2D eigenvalue weighted by Crippen LogP contribution is -2.29. The molecule has 2 amide bonds. The van der Waals surface area contributed by atoms with Crippen LogP contribution in [0, 0.1) is 0 Å². The maximum atomic E-state index is 9.99. The first-order valence-electron chi connectivity index (χ1n) is 2.74. The third kappa shape index (κ3) is 6.94. The van der Waals surface area contributed by atoms with Gasteiger partial charge in [-0.05, 0) is 6.42 Å². The Balaban J connectivity index is 2.91. The Kier molecular flexibility index (Phi) is 4.49. The standard InChI is InChI=1S/C5H10N2O2/c6-5(9)7-3-1-2-4-8/h4H,1-3H2,(H3,6,7,9). The lowest BCUT2D eigenvalue weighted by Gasteiger charge is -1.95. The fourth-order valence-electron chi connectivity index (χ4n) is 0.397. The van der Waals surface area contributed by atoms with E-state index >= 15 is 0 Å². The van der Waals surface area contributed by atoms with E-state index in [1.165, 1.54) is 0 Å². The summed E-state index contributed by atoms with van der Waals surface area (Å²) in [5.74, 6) is 0. The molecule has 0 unspecified atom stereocenters. The summed E-state index contributed by atoms with van der Waals surface area (Å²) in [5, 5.41) is 2.36. The molecule has 0 atom stereocenters. The van der Waals surface area contributed by atoms with Crippen LogP contribution in [0.1, 0.15) is 12.8 Å². The first kappa shape index (κ1) is 7.94. The Hall–Kier alpha value is -1.06. The highest BCUT2D eigenvalue weighted by Crippen LogP contribution is 1.78. The van der Waals surface area contributed by atoms with Crippen LogP contribution < -0.4 is 11.1 Å². The molecule has 0 fully saturated rings. The monoisotopic (exact) mass is 130 g/mol. The Labute approximate surface area is 53.4 Å². The maximum absolute atomic E-state index is 9.99. The van der Waals surface area contributed by atoms with Gasteiger partial charge < -0.3 is 15.8 Å². The van der Waals surface area contributed by atoms with Gasteiger partial charge in [0.25, 0.3) is 0 Å². The van der Waals surface area contributed by atoms with Crippen molar-refractivity contribution in [1.29, 1.82) is 0 Å². The molecule has 0 aromatic carbocycles. The number of aldehydes is 1. The molecule has 0 aromatic rings. The summed E-state index contributed by atoms with van der Waals surface area (Å²) < 4.78 is 0. The summed E-state index contributed by atoms with van der Waals surface area (Å²) in [6, 6.07) is -0.541. The molecule has 0 radical (unpaired) electrons. The lowest BCUT2D eigenvalue weighted by atomic mass is 10.3. The molecule has 0 aromatic heterocycles. The molecule has 0 aliphatic carbocycles. The van der Waals surface area contributed by atoms with Gasteiger partial charge in [0.15, 0.2) is 0 Å². The van der Waals surface area contributed by atoms with Crippen LogP contribution in [0.25, 0.3) is 0 Å². The molecule has 3 N–H and O–H groups in total. The highest BCUT2D eigenvalue weighted by Gasteiger charge is 1.88. The van der Waals surface area contributed by atoms with E-state index in [9.17, 15) is 9.59 Å². The minimum atomic E-state index is -0.541. The molecule has 0 spiro atoms. The van der Waals surface area contributed by atoms with E-state index in [0.29, 0.717) is 19.4 Å². The molecule has 0 heterocycles. The van der Waals surface area contributed by atoms with Crippen molar-refractivity contribution in [2.75, 3.05) is 6.54 Å². The van der Waals surface area contributed by atoms with E-state index < -0.39 is 6.03 Å². The summed E-state index contributed by atoms with van der Waals surface area (Å²) in [7, 11) is 0. The van der Waals surface area contributed by atoms with Gasteiger partial charge in [-0.1, -0.05) is 0 Å². The van der Waals surface area contributed by atoms with Crippen LogP contribution in [0.3, 0.4) is 0 Å². The van der Waals surface area contributed by atoms with Gasteiger partial charge >= 0.3 is 6.03 Å². The Morgan fingerprint density at radius 3 is 2.78 bits per heavy atom. The number of nitrogens with one attached hydrogen (secondary N) is 1. The van der Waals surface area contributed by atoms with E-state index in [4.69, 9.17) is 5.73 Å². The van der Waals surface area contributed by atoms with E-state index in [2.05, 4.69) is 5.32 Å². The van der Waals surface area contributed by atoms with Crippen LogP contribution in [0.5, 0.6) is 0 Å². The molecular weight excluding hydrogens is 120 g/mol. The van der Waals surface area contributed by atoms with Crippen molar-refractivity contribution in [2.24, 2.45) is 5.73 Å². The molecule has 4 nitrogen and oxygen atoms in total. The van der Waals surface area contributed by atoms with Gasteiger partial charge in [0.1, 0.15) is 6.29 Å². The van der Waals surface area contributed by atoms with Crippen molar-refractivity contribution >= 4 is 12.3 Å². The van der Waals surface area contributed by atoms with E-state index in [1.807, 2.05) is 0 Å². The normalized spacial score (nSPS) is 8.44. The van der Waals surface area contributed by atoms with E-state index in [1.54, 1.807) is 0 Å². The zero-order chi connectivity index (χ0) is 7.11. The Morgan fingerprint density at radius 2 is 2.33 bits per heavy atom. The third-order valence-electron chi connectivity index (χ3n) is 0.798. The summed E-state index contributed by atoms with van der Waals surface area (Å²) in [5.41, 5.74) is 4.74. The minimum Gasteiger partial charge on any atom is -0.352 e. The molecule has 9 heavy (non-hydrogen) atoms. The fraction of sp³-hybridized carbons (Fsp3) is 0.600. The Bertz CT molecular complexity index is 103. The summed E-state index contributed by atoms with van der Waals surface area (Å²) >= 11 is 0. The van der Waals surface area contributed by atoms with Gasteiger partial charge in [0.2, 0.25) is 0 Å². The van der Waals surface area contributed by atoms with Crippen molar-refractivity contribution in [2.45, 2.75) is 12.8 Å². The highest BCUT2D eigenvalue weighted by molar-refractivity contribution is 5.71. The number of primary amides is 1. The highest BCUT2D eigenvalue weighted by atomic mass is 16.2. The van der Waals surface area contributed by atoms with Crippen LogP contribution in [0.4, 0.5) is 4.79 Å². The molecule has 0 saturated carbocycles.